The van der Waals surface area contributed by atoms with E-state index in [2.05, 4.69) is 15.9 Å². The van der Waals surface area contributed by atoms with Crippen LogP contribution in [0.25, 0.3) is 0 Å². The normalized spacial score (nSPS) is 16.4. The second-order valence-electron chi connectivity index (χ2n) is 4.61. The highest BCUT2D eigenvalue weighted by molar-refractivity contribution is 9.10. The van der Waals surface area contributed by atoms with E-state index in [-0.39, 0.29) is 5.97 Å². The number of carbonyl (C=O) groups is 2. The third-order valence-electron chi connectivity index (χ3n) is 3.69. The van der Waals surface area contributed by atoms with Crippen LogP contribution >= 0.6 is 15.9 Å². The Hall–Kier alpha value is -1.36. The average Bonchev–Trinajstić information content (AvgIpc) is 2.36. The van der Waals surface area contributed by atoms with Crippen molar-refractivity contribution >= 4 is 27.9 Å². The van der Waals surface area contributed by atoms with Gasteiger partial charge in [-0.1, -0.05) is 22.4 Å². The number of methoxy groups -OCH3 is 2. The lowest BCUT2D eigenvalue weighted by atomic mass is 9.63. The summed E-state index contributed by atoms with van der Waals surface area (Å²) in [4.78, 5) is 24.0. The minimum absolute atomic E-state index is 0.290. The first kappa shape index (κ1) is 14.1. The van der Waals surface area contributed by atoms with Crippen LogP contribution < -0.4 is 0 Å². The van der Waals surface area contributed by atoms with Crippen LogP contribution in [0.4, 0.5) is 0 Å². The predicted octanol–water partition coefficient (Wildman–Crippen LogP) is 2.83. The Morgan fingerprint density at radius 1 is 1.21 bits per heavy atom. The number of halogens is 1. The molecule has 0 aromatic heterocycles. The summed E-state index contributed by atoms with van der Waals surface area (Å²) < 4.78 is 10.5. The van der Waals surface area contributed by atoms with Gasteiger partial charge in [0.2, 0.25) is 0 Å². The molecule has 0 radical (unpaired) electrons. The van der Waals surface area contributed by atoms with Crippen molar-refractivity contribution in [2.75, 3.05) is 14.2 Å². The van der Waals surface area contributed by atoms with Crippen LogP contribution in [-0.4, -0.2) is 26.2 Å². The van der Waals surface area contributed by atoms with Crippen molar-refractivity contribution in [3.63, 3.8) is 0 Å². The molecule has 0 atom stereocenters. The zero-order valence-electron chi connectivity index (χ0n) is 10.9. The number of benzene rings is 1. The molecule has 1 saturated carbocycles. The fourth-order valence-electron chi connectivity index (χ4n) is 2.51. The summed E-state index contributed by atoms with van der Waals surface area (Å²) >= 11 is 3.38. The summed E-state index contributed by atoms with van der Waals surface area (Å²) in [6.45, 7) is 0. The number of esters is 2. The summed E-state index contributed by atoms with van der Waals surface area (Å²) in [7, 11) is 2.71. The van der Waals surface area contributed by atoms with Gasteiger partial charge in [-0.2, -0.15) is 0 Å². The molecule has 1 aliphatic rings. The molecule has 1 aromatic rings. The Balaban J connectivity index is 2.56. The van der Waals surface area contributed by atoms with Gasteiger partial charge in [0.25, 0.3) is 0 Å². The number of hydrogen-bond donors (Lipinski definition) is 0. The van der Waals surface area contributed by atoms with Gasteiger partial charge in [-0.25, -0.2) is 4.79 Å². The lowest BCUT2D eigenvalue weighted by Gasteiger charge is -2.40. The van der Waals surface area contributed by atoms with Crippen molar-refractivity contribution in [3.8, 4) is 0 Å². The molecule has 4 nitrogen and oxygen atoms in total. The molecule has 0 amide bonds. The standard InChI is InChI=1S/C14H15BrO4/c1-18-12(16)10-5-4-9(15)8-11(10)14(6-3-7-14)13(17)19-2/h4-5,8H,3,6-7H2,1-2H3. The first-order chi connectivity index (χ1) is 9.05. The third kappa shape index (κ3) is 2.27. The van der Waals surface area contributed by atoms with Crippen molar-refractivity contribution in [2.45, 2.75) is 24.7 Å². The molecule has 0 saturated heterocycles. The van der Waals surface area contributed by atoms with E-state index in [0.29, 0.717) is 24.0 Å². The number of rotatable bonds is 3. The maximum absolute atomic E-state index is 12.1. The fraction of sp³-hybridized carbons (Fsp3) is 0.429. The van der Waals surface area contributed by atoms with Gasteiger partial charge in [0, 0.05) is 4.47 Å². The van der Waals surface area contributed by atoms with Crippen LogP contribution in [0.5, 0.6) is 0 Å². The molecular weight excluding hydrogens is 312 g/mol. The zero-order chi connectivity index (χ0) is 14.0. The van der Waals surface area contributed by atoms with E-state index in [1.54, 1.807) is 12.1 Å². The Labute approximate surface area is 120 Å². The Kier molecular flexibility index (Phi) is 3.94. The van der Waals surface area contributed by atoms with Gasteiger partial charge in [0.1, 0.15) is 0 Å². The van der Waals surface area contributed by atoms with Gasteiger partial charge >= 0.3 is 11.9 Å². The molecule has 19 heavy (non-hydrogen) atoms. The van der Waals surface area contributed by atoms with E-state index in [4.69, 9.17) is 9.47 Å². The van der Waals surface area contributed by atoms with Crippen molar-refractivity contribution in [1.82, 2.24) is 0 Å². The molecule has 0 heterocycles. The lowest BCUT2D eigenvalue weighted by molar-refractivity contribution is -0.151. The summed E-state index contributed by atoms with van der Waals surface area (Å²) in [6, 6.07) is 5.25. The monoisotopic (exact) mass is 326 g/mol. The van der Waals surface area contributed by atoms with Gasteiger partial charge in [0.05, 0.1) is 25.2 Å². The molecule has 1 fully saturated rings. The van der Waals surface area contributed by atoms with Gasteiger partial charge in [-0.05, 0) is 36.6 Å². The van der Waals surface area contributed by atoms with E-state index in [9.17, 15) is 9.59 Å². The van der Waals surface area contributed by atoms with E-state index < -0.39 is 11.4 Å². The SMILES string of the molecule is COC(=O)c1ccc(Br)cc1C1(C(=O)OC)CCC1. The lowest BCUT2D eigenvalue weighted by Crippen LogP contribution is -2.44. The quantitative estimate of drug-likeness (QED) is 0.801. The Morgan fingerprint density at radius 2 is 1.89 bits per heavy atom. The maximum Gasteiger partial charge on any atom is 0.338 e. The number of ether oxygens (including phenoxy) is 2. The highest BCUT2D eigenvalue weighted by Crippen LogP contribution is 2.46. The maximum atomic E-state index is 12.1. The van der Waals surface area contributed by atoms with Gasteiger partial charge in [-0.3, -0.25) is 4.79 Å². The second-order valence-corrected chi connectivity index (χ2v) is 5.52. The van der Waals surface area contributed by atoms with E-state index in [1.165, 1.54) is 14.2 Å². The smallest absolute Gasteiger partial charge is 0.338 e. The average molecular weight is 327 g/mol. The first-order valence-electron chi connectivity index (χ1n) is 6.02. The van der Waals surface area contributed by atoms with Crippen LogP contribution in [-0.2, 0) is 19.7 Å². The highest BCUT2D eigenvalue weighted by atomic mass is 79.9. The van der Waals surface area contributed by atoms with Gasteiger partial charge in [0.15, 0.2) is 0 Å². The molecule has 1 aromatic carbocycles. The fourth-order valence-corrected chi connectivity index (χ4v) is 2.87. The third-order valence-corrected chi connectivity index (χ3v) is 4.18. The molecule has 5 heteroatoms. The predicted molar refractivity (Wildman–Crippen MR) is 73.0 cm³/mol. The van der Waals surface area contributed by atoms with Crippen molar-refractivity contribution in [1.29, 1.82) is 0 Å². The molecule has 102 valence electrons. The minimum Gasteiger partial charge on any atom is -0.468 e. The topological polar surface area (TPSA) is 52.6 Å². The van der Waals surface area contributed by atoms with E-state index >= 15 is 0 Å². The molecule has 2 rings (SSSR count). The highest BCUT2D eigenvalue weighted by Gasteiger charge is 2.48. The molecule has 0 spiro atoms. The van der Waals surface area contributed by atoms with Crippen molar-refractivity contribution < 1.29 is 19.1 Å². The van der Waals surface area contributed by atoms with E-state index in [0.717, 1.165) is 10.9 Å². The summed E-state index contributed by atoms with van der Waals surface area (Å²) in [5.74, 6) is -0.723. The van der Waals surface area contributed by atoms with Crippen LogP contribution in [0.3, 0.4) is 0 Å². The molecule has 0 aliphatic heterocycles. The van der Waals surface area contributed by atoms with E-state index in [1.807, 2.05) is 6.07 Å². The van der Waals surface area contributed by atoms with Crippen molar-refractivity contribution in [2.24, 2.45) is 0 Å². The van der Waals surface area contributed by atoms with Gasteiger partial charge < -0.3 is 9.47 Å². The largest absolute Gasteiger partial charge is 0.468 e. The first-order valence-corrected chi connectivity index (χ1v) is 6.81. The second kappa shape index (κ2) is 5.33. The number of carbonyl (C=O) groups excluding carboxylic acids is 2. The van der Waals surface area contributed by atoms with Crippen molar-refractivity contribution in [3.05, 3.63) is 33.8 Å². The molecule has 0 bridgehead atoms. The minimum atomic E-state index is -0.706. The van der Waals surface area contributed by atoms with Crippen LogP contribution in [0.1, 0.15) is 35.2 Å². The zero-order valence-corrected chi connectivity index (χ0v) is 12.5. The van der Waals surface area contributed by atoms with Crippen LogP contribution in [0.15, 0.2) is 22.7 Å². The Bertz CT molecular complexity index is 520. The van der Waals surface area contributed by atoms with Crippen LogP contribution in [0.2, 0.25) is 0 Å². The summed E-state index contributed by atoms with van der Waals surface area (Å²) in [6.07, 6.45) is 2.34. The van der Waals surface area contributed by atoms with Gasteiger partial charge in [-0.15, -0.1) is 0 Å². The van der Waals surface area contributed by atoms with Crippen LogP contribution in [0, 0.1) is 0 Å². The summed E-state index contributed by atoms with van der Waals surface area (Å²) in [5, 5.41) is 0. The molecule has 1 aliphatic carbocycles. The molecule has 0 unspecified atom stereocenters. The molecular formula is C14H15BrO4. The number of hydrogen-bond acceptors (Lipinski definition) is 4. The summed E-state index contributed by atoms with van der Waals surface area (Å²) in [5.41, 5.74) is 0.407. The molecule has 0 N–H and O–H groups in total. The Morgan fingerprint density at radius 3 is 2.37 bits per heavy atom.